The third-order valence-corrected chi connectivity index (χ3v) is 4.17. The number of alkyl halides is 3. The first-order valence-electron chi connectivity index (χ1n) is 7.71. The maximum atomic E-state index is 12.3. The second kappa shape index (κ2) is 7.30. The first kappa shape index (κ1) is 17.1. The molecule has 2 fully saturated rings. The van der Waals surface area contributed by atoms with Gasteiger partial charge in [0.05, 0.1) is 6.04 Å². The van der Waals surface area contributed by atoms with Gasteiger partial charge in [-0.25, -0.2) is 0 Å². The molecule has 0 spiro atoms. The Morgan fingerprint density at radius 3 is 2.64 bits per heavy atom. The van der Waals surface area contributed by atoms with Crippen molar-refractivity contribution < 1.29 is 22.8 Å². The largest absolute Gasteiger partial charge is 0.397 e. The average molecular weight is 321 g/mol. The molecule has 0 aromatic carbocycles. The summed E-state index contributed by atoms with van der Waals surface area (Å²) in [5, 5.41) is 5.94. The number of hydrogen-bond acceptors (Lipinski definition) is 3. The Hall–Kier alpha value is -1.31. The third-order valence-electron chi connectivity index (χ3n) is 4.17. The minimum atomic E-state index is -4.47. The van der Waals surface area contributed by atoms with Gasteiger partial charge in [-0.15, -0.1) is 0 Å². The van der Waals surface area contributed by atoms with Crippen molar-refractivity contribution in [2.45, 2.75) is 44.3 Å². The highest BCUT2D eigenvalue weighted by atomic mass is 19.4. The van der Waals surface area contributed by atoms with Gasteiger partial charge in [0.2, 0.25) is 11.8 Å². The summed E-state index contributed by atoms with van der Waals surface area (Å²) in [5.41, 5.74) is 0. The molecule has 2 unspecified atom stereocenters. The van der Waals surface area contributed by atoms with Crippen molar-refractivity contribution in [3.8, 4) is 0 Å². The number of rotatable bonds is 4. The lowest BCUT2D eigenvalue weighted by atomic mass is 9.97. The molecule has 0 aromatic rings. The third kappa shape index (κ3) is 5.15. The van der Waals surface area contributed by atoms with E-state index < -0.39 is 18.5 Å². The molecule has 2 N–H and O–H groups in total. The number of hydrogen-bond donors (Lipinski definition) is 2. The van der Waals surface area contributed by atoms with Gasteiger partial charge in [-0.05, 0) is 38.1 Å². The maximum absolute atomic E-state index is 12.3. The molecule has 2 aliphatic heterocycles. The van der Waals surface area contributed by atoms with Crippen molar-refractivity contribution in [2.75, 3.05) is 26.2 Å². The molecule has 0 aromatic heterocycles. The highest BCUT2D eigenvalue weighted by molar-refractivity contribution is 5.82. The molecule has 0 aliphatic carbocycles. The van der Waals surface area contributed by atoms with Crippen LogP contribution in [-0.2, 0) is 9.59 Å². The molecule has 2 amide bonds. The van der Waals surface area contributed by atoms with Gasteiger partial charge in [0.25, 0.3) is 0 Å². The lowest BCUT2D eigenvalue weighted by Gasteiger charge is -2.33. The molecule has 8 heteroatoms. The monoisotopic (exact) mass is 321 g/mol. The Morgan fingerprint density at radius 1 is 1.23 bits per heavy atom. The predicted molar refractivity (Wildman–Crippen MR) is 74.0 cm³/mol. The van der Waals surface area contributed by atoms with Crippen molar-refractivity contribution in [3.05, 3.63) is 0 Å². The van der Waals surface area contributed by atoms with Gasteiger partial charge in [-0.1, -0.05) is 0 Å². The van der Waals surface area contributed by atoms with Gasteiger partial charge < -0.3 is 15.5 Å². The Kier molecular flexibility index (Phi) is 5.66. The van der Waals surface area contributed by atoms with Crippen LogP contribution in [0.25, 0.3) is 0 Å². The molecule has 2 aliphatic rings. The minimum Gasteiger partial charge on any atom is -0.354 e. The molecule has 5 nitrogen and oxygen atoms in total. The van der Waals surface area contributed by atoms with E-state index in [4.69, 9.17) is 0 Å². The van der Waals surface area contributed by atoms with Crippen LogP contribution >= 0.6 is 0 Å². The SMILES string of the molecule is O=C(NCC1CCCN(C(=O)CC(F)(F)F)C1)C1CCCN1. The molecule has 2 saturated heterocycles. The molecule has 2 rings (SSSR count). The summed E-state index contributed by atoms with van der Waals surface area (Å²) in [6.07, 6.45) is -2.60. The van der Waals surface area contributed by atoms with Gasteiger partial charge in [-0.2, -0.15) is 13.2 Å². The van der Waals surface area contributed by atoms with Crippen molar-refractivity contribution in [2.24, 2.45) is 5.92 Å². The summed E-state index contributed by atoms with van der Waals surface area (Å²) in [6, 6.07) is -0.161. The summed E-state index contributed by atoms with van der Waals surface area (Å²) in [7, 11) is 0. The van der Waals surface area contributed by atoms with Crippen LogP contribution in [0, 0.1) is 5.92 Å². The number of carbonyl (C=O) groups excluding carboxylic acids is 2. The molecule has 22 heavy (non-hydrogen) atoms. The topological polar surface area (TPSA) is 61.4 Å². The smallest absolute Gasteiger partial charge is 0.354 e. The Morgan fingerprint density at radius 2 is 2.00 bits per heavy atom. The van der Waals surface area contributed by atoms with Crippen LogP contribution in [0.15, 0.2) is 0 Å². The number of likely N-dealkylation sites (tertiary alicyclic amines) is 1. The van der Waals surface area contributed by atoms with Gasteiger partial charge in [0.15, 0.2) is 0 Å². The van der Waals surface area contributed by atoms with E-state index in [2.05, 4.69) is 10.6 Å². The van der Waals surface area contributed by atoms with E-state index in [1.165, 1.54) is 4.90 Å². The Bertz CT molecular complexity index is 409. The van der Waals surface area contributed by atoms with Crippen molar-refractivity contribution in [3.63, 3.8) is 0 Å². The van der Waals surface area contributed by atoms with E-state index >= 15 is 0 Å². The molecule has 0 bridgehead atoms. The summed E-state index contributed by atoms with van der Waals surface area (Å²) < 4.78 is 36.8. The van der Waals surface area contributed by atoms with Crippen LogP contribution in [0.5, 0.6) is 0 Å². The van der Waals surface area contributed by atoms with Crippen LogP contribution in [0.1, 0.15) is 32.1 Å². The van der Waals surface area contributed by atoms with Gasteiger partial charge in [-0.3, -0.25) is 9.59 Å². The van der Waals surface area contributed by atoms with E-state index in [-0.39, 0.29) is 24.4 Å². The summed E-state index contributed by atoms with van der Waals surface area (Å²) >= 11 is 0. The van der Waals surface area contributed by atoms with Crippen molar-refractivity contribution in [1.29, 1.82) is 0 Å². The number of piperidine rings is 1. The first-order chi connectivity index (χ1) is 10.3. The van der Waals surface area contributed by atoms with Crippen molar-refractivity contribution >= 4 is 11.8 Å². The summed E-state index contributed by atoms with van der Waals surface area (Å²) in [5.74, 6) is -0.909. The molecule has 0 saturated carbocycles. The van der Waals surface area contributed by atoms with Crippen molar-refractivity contribution in [1.82, 2.24) is 15.5 Å². The molecule has 0 radical (unpaired) electrons. The number of halogens is 3. The normalized spacial score (nSPS) is 26.0. The highest BCUT2D eigenvalue weighted by Gasteiger charge is 2.35. The quantitative estimate of drug-likeness (QED) is 0.813. The zero-order chi connectivity index (χ0) is 16.2. The average Bonchev–Trinajstić information content (AvgIpc) is 2.97. The fraction of sp³-hybridized carbons (Fsp3) is 0.857. The van der Waals surface area contributed by atoms with E-state index in [0.717, 1.165) is 25.8 Å². The van der Waals surface area contributed by atoms with Crippen LogP contribution in [0.3, 0.4) is 0 Å². The molecule has 126 valence electrons. The van der Waals surface area contributed by atoms with Crippen LogP contribution in [-0.4, -0.2) is 55.1 Å². The van der Waals surface area contributed by atoms with Crippen LogP contribution in [0.2, 0.25) is 0 Å². The van der Waals surface area contributed by atoms with Gasteiger partial charge in [0, 0.05) is 19.6 Å². The second-order valence-corrected chi connectivity index (χ2v) is 6.03. The first-order valence-corrected chi connectivity index (χ1v) is 7.71. The Labute approximate surface area is 127 Å². The Balaban J connectivity index is 1.75. The van der Waals surface area contributed by atoms with E-state index in [9.17, 15) is 22.8 Å². The standard InChI is InChI=1S/C14H22F3N3O2/c15-14(16,17)7-12(21)20-6-2-3-10(9-20)8-19-13(22)11-4-1-5-18-11/h10-11,18H,1-9H2,(H,19,22). The molecular formula is C14H22F3N3O2. The summed E-state index contributed by atoms with van der Waals surface area (Å²) in [4.78, 5) is 24.8. The minimum absolute atomic E-state index is 0.0243. The maximum Gasteiger partial charge on any atom is 0.397 e. The second-order valence-electron chi connectivity index (χ2n) is 6.03. The molecular weight excluding hydrogens is 299 g/mol. The zero-order valence-electron chi connectivity index (χ0n) is 12.4. The van der Waals surface area contributed by atoms with E-state index in [1.54, 1.807) is 0 Å². The van der Waals surface area contributed by atoms with Gasteiger partial charge >= 0.3 is 6.18 Å². The lowest BCUT2D eigenvalue weighted by molar-refractivity contribution is -0.162. The molecule has 2 atom stereocenters. The number of nitrogens with one attached hydrogen (secondary N) is 2. The zero-order valence-corrected chi connectivity index (χ0v) is 12.4. The fourth-order valence-electron chi connectivity index (χ4n) is 3.02. The van der Waals surface area contributed by atoms with E-state index in [1.807, 2.05) is 0 Å². The lowest BCUT2D eigenvalue weighted by Crippen LogP contribution is -2.47. The summed E-state index contributed by atoms with van der Waals surface area (Å²) in [6.45, 7) is 1.89. The van der Waals surface area contributed by atoms with Crippen LogP contribution < -0.4 is 10.6 Å². The van der Waals surface area contributed by atoms with E-state index in [0.29, 0.717) is 19.5 Å². The highest BCUT2D eigenvalue weighted by Crippen LogP contribution is 2.23. The number of amides is 2. The molecule has 2 heterocycles. The fourth-order valence-corrected chi connectivity index (χ4v) is 3.02. The number of carbonyl (C=O) groups is 2. The van der Waals surface area contributed by atoms with Gasteiger partial charge in [0.1, 0.15) is 6.42 Å². The predicted octanol–water partition coefficient (Wildman–Crippen LogP) is 1.05. The van der Waals surface area contributed by atoms with Crippen LogP contribution in [0.4, 0.5) is 13.2 Å². The number of nitrogens with zero attached hydrogens (tertiary/aromatic N) is 1.